The number of hydrogen-bond donors (Lipinski definition) is 2. The van der Waals surface area contributed by atoms with Crippen LogP contribution in [-0.2, 0) is 13.1 Å². The van der Waals surface area contributed by atoms with Crippen LogP contribution in [0, 0.1) is 20.8 Å². The van der Waals surface area contributed by atoms with Crippen LogP contribution in [0.5, 0.6) is 0 Å². The second-order valence-corrected chi connectivity index (χ2v) is 4.67. The third kappa shape index (κ3) is 2.72. The Morgan fingerprint density at radius 3 is 2.58 bits per heavy atom. The van der Waals surface area contributed by atoms with Crippen LogP contribution in [0.25, 0.3) is 0 Å². The minimum absolute atomic E-state index is 0.508. The molecule has 0 saturated heterocycles. The van der Waals surface area contributed by atoms with Crippen molar-refractivity contribution >= 4 is 11.5 Å². The summed E-state index contributed by atoms with van der Waals surface area (Å²) in [5.74, 6) is 2.35. The van der Waals surface area contributed by atoms with Gasteiger partial charge >= 0.3 is 0 Å². The molecular formula is C13H21N5O. The number of rotatable bonds is 5. The van der Waals surface area contributed by atoms with Crippen molar-refractivity contribution in [3.63, 3.8) is 0 Å². The molecule has 0 saturated carbocycles. The first-order valence-electron chi connectivity index (χ1n) is 6.52. The molecule has 2 aromatic rings. The number of nitrogen functional groups attached to an aromatic ring is 1. The minimum atomic E-state index is 0.508. The Morgan fingerprint density at radius 1 is 1.26 bits per heavy atom. The van der Waals surface area contributed by atoms with Crippen molar-refractivity contribution < 1.29 is 4.42 Å². The number of aryl methyl sites for hydroxylation is 4. The van der Waals surface area contributed by atoms with Crippen LogP contribution < -0.4 is 11.1 Å². The van der Waals surface area contributed by atoms with E-state index in [0.29, 0.717) is 18.1 Å². The average Bonchev–Trinajstić information content (AvgIpc) is 2.80. The minimum Gasteiger partial charge on any atom is -0.444 e. The van der Waals surface area contributed by atoms with E-state index in [2.05, 4.69) is 22.3 Å². The Labute approximate surface area is 113 Å². The number of nitrogens with one attached hydrogen (secondary N) is 1. The fraction of sp³-hybridized carbons (Fsp3) is 0.538. The summed E-state index contributed by atoms with van der Waals surface area (Å²) in [4.78, 5) is 4.34. The molecule has 0 unspecified atom stereocenters. The normalized spacial score (nSPS) is 10.9. The van der Waals surface area contributed by atoms with Crippen LogP contribution in [0.4, 0.5) is 11.5 Å². The van der Waals surface area contributed by atoms with Crippen molar-refractivity contribution in [1.29, 1.82) is 0 Å². The van der Waals surface area contributed by atoms with Gasteiger partial charge in [-0.25, -0.2) is 9.67 Å². The van der Waals surface area contributed by atoms with Gasteiger partial charge in [0.05, 0.1) is 23.6 Å². The second kappa shape index (κ2) is 5.34. The molecule has 2 heterocycles. The zero-order valence-electron chi connectivity index (χ0n) is 11.9. The van der Waals surface area contributed by atoms with Crippen molar-refractivity contribution in [2.24, 2.45) is 0 Å². The van der Waals surface area contributed by atoms with Gasteiger partial charge in [-0.3, -0.25) is 0 Å². The Balaban J connectivity index is 2.14. The van der Waals surface area contributed by atoms with Gasteiger partial charge in [0.25, 0.3) is 0 Å². The molecule has 6 heteroatoms. The van der Waals surface area contributed by atoms with Crippen LogP contribution in [0.2, 0.25) is 0 Å². The van der Waals surface area contributed by atoms with E-state index in [0.717, 1.165) is 35.9 Å². The lowest BCUT2D eigenvalue weighted by molar-refractivity contribution is 0.477. The zero-order valence-corrected chi connectivity index (χ0v) is 11.9. The SMILES string of the molecule is CCCn1nc(C)c(N)c1NCc1nc(C)c(C)o1. The Hall–Kier alpha value is -1.98. The van der Waals surface area contributed by atoms with E-state index in [4.69, 9.17) is 10.2 Å². The van der Waals surface area contributed by atoms with E-state index in [1.165, 1.54) is 0 Å². The molecule has 104 valence electrons. The third-order valence-corrected chi connectivity index (χ3v) is 3.09. The molecule has 0 aromatic carbocycles. The molecule has 3 N–H and O–H groups in total. The van der Waals surface area contributed by atoms with Crippen LogP contribution >= 0.6 is 0 Å². The standard InChI is InChI=1S/C13H21N5O/c1-5-6-18-13(12(14)9(3)17-18)15-7-11-16-8(2)10(4)19-11/h15H,5-7,14H2,1-4H3. The molecule has 6 nitrogen and oxygen atoms in total. The maximum atomic E-state index is 6.04. The summed E-state index contributed by atoms with van der Waals surface area (Å²) in [7, 11) is 0. The van der Waals surface area contributed by atoms with Gasteiger partial charge in [-0.05, 0) is 27.2 Å². The van der Waals surface area contributed by atoms with Gasteiger partial charge in [-0.1, -0.05) is 6.92 Å². The molecule has 0 fully saturated rings. The Bertz CT molecular complexity index is 550. The van der Waals surface area contributed by atoms with Crippen molar-refractivity contribution in [3.05, 3.63) is 23.0 Å². The largest absolute Gasteiger partial charge is 0.444 e. The van der Waals surface area contributed by atoms with E-state index >= 15 is 0 Å². The molecule has 0 atom stereocenters. The van der Waals surface area contributed by atoms with Gasteiger partial charge in [0, 0.05) is 6.54 Å². The molecule has 0 amide bonds. The highest BCUT2D eigenvalue weighted by Gasteiger charge is 2.13. The molecule has 19 heavy (non-hydrogen) atoms. The number of oxazole rings is 1. The number of hydrogen-bond acceptors (Lipinski definition) is 5. The summed E-state index contributed by atoms with van der Waals surface area (Å²) in [6.07, 6.45) is 1.01. The highest BCUT2D eigenvalue weighted by Crippen LogP contribution is 2.23. The molecule has 0 spiro atoms. The van der Waals surface area contributed by atoms with E-state index in [9.17, 15) is 0 Å². The molecule has 0 radical (unpaired) electrons. The highest BCUT2D eigenvalue weighted by molar-refractivity contribution is 5.64. The fourth-order valence-corrected chi connectivity index (χ4v) is 1.93. The van der Waals surface area contributed by atoms with Crippen molar-refractivity contribution in [1.82, 2.24) is 14.8 Å². The number of nitrogens with zero attached hydrogens (tertiary/aromatic N) is 3. The maximum absolute atomic E-state index is 6.04. The van der Waals surface area contributed by atoms with Crippen molar-refractivity contribution in [2.75, 3.05) is 11.1 Å². The average molecular weight is 263 g/mol. The summed E-state index contributed by atoms with van der Waals surface area (Å²) in [5.41, 5.74) is 8.49. The van der Waals surface area contributed by atoms with Gasteiger partial charge in [0.15, 0.2) is 0 Å². The smallest absolute Gasteiger partial charge is 0.213 e. The van der Waals surface area contributed by atoms with Crippen LogP contribution in [0.1, 0.15) is 36.4 Å². The fourth-order valence-electron chi connectivity index (χ4n) is 1.93. The van der Waals surface area contributed by atoms with Crippen molar-refractivity contribution in [2.45, 2.75) is 47.2 Å². The van der Waals surface area contributed by atoms with E-state index in [1.807, 2.05) is 25.5 Å². The maximum Gasteiger partial charge on any atom is 0.213 e. The first kappa shape index (κ1) is 13.5. The quantitative estimate of drug-likeness (QED) is 0.865. The summed E-state index contributed by atoms with van der Waals surface area (Å²) < 4.78 is 7.43. The number of aromatic nitrogens is 3. The third-order valence-electron chi connectivity index (χ3n) is 3.09. The predicted octanol–water partition coefficient (Wildman–Crippen LogP) is 2.40. The van der Waals surface area contributed by atoms with Crippen LogP contribution in [-0.4, -0.2) is 14.8 Å². The van der Waals surface area contributed by atoms with Gasteiger partial charge in [0.2, 0.25) is 5.89 Å². The van der Waals surface area contributed by atoms with Gasteiger partial charge in [0.1, 0.15) is 11.6 Å². The summed E-state index contributed by atoms with van der Waals surface area (Å²) >= 11 is 0. The van der Waals surface area contributed by atoms with E-state index in [1.54, 1.807) is 0 Å². The molecule has 0 aliphatic heterocycles. The lowest BCUT2D eigenvalue weighted by Crippen LogP contribution is -2.09. The molecule has 2 rings (SSSR count). The van der Waals surface area contributed by atoms with Gasteiger partial charge in [-0.2, -0.15) is 5.10 Å². The van der Waals surface area contributed by atoms with Gasteiger partial charge in [-0.15, -0.1) is 0 Å². The van der Waals surface area contributed by atoms with E-state index in [-0.39, 0.29) is 0 Å². The topological polar surface area (TPSA) is 81.9 Å². The molecule has 0 aliphatic carbocycles. The van der Waals surface area contributed by atoms with Crippen LogP contribution in [0.3, 0.4) is 0 Å². The number of anilines is 2. The highest BCUT2D eigenvalue weighted by atomic mass is 16.4. The monoisotopic (exact) mass is 263 g/mol. The number of nitrogens with two attached hydrogens (primary N) is 1. The molecule has 0 aliphatic rings. The first-order valence-corrected chi connectivity index (χ1v) is 6.52. The second-order valence-electron chi connectivity index (χ2n) is 4.67. The zero-order chi connectivity index (χ0) is 14.0. The van der Waals surface area contributed by atoms with Crippen LogP contribution in [0.15, 0.2) is 4.42 Å². The van der Waals surface area contributed by atoms with Gasteiger partial charge < -0.3 is 15.5 Å². The molecule has 2 aromatic heterocycles. The van der Waals surface area contributed by atoms with Crippen molar-refractivity contribution in [3.8, 4) is 0 Å². The Morgan fingerprint density at radius 2 is 2.00 bits per heavy atom. The summed E-state index contributed by atoms with van der Waals surface area (Å²) in [6.45, 7) is 9.20. The molecular weight excluding hydrogens is 242 g/mol. The lowest BCUT2D eigenvalue weighted by Gasteiger charge is -2.08. The summed E-state index contributed by atoms with van der Waals surface area (Å²) in [6, 6.07) is 0. The molecule has 0 bridgehead atoms. The lowest BCUT2D eigenvalue weighted by atomic mass is 10.4. The summed E-state index contributed by atoms with van der Waals surface area (Å²) in [5, 5.41) is 7.68. The van der Waals surface area contributed by atoms with E-state index < -0.39 is 0 Å². The predicted molar refractivity (Wildman–Crippen MR) is 75.0 cm³/mol. The Kier molecular flexibility index (Phi) is 3.78. The first-order chi connectivity index (χ1) is 9.02.